The number of phenols is 1. The Morgan fingerprint density at radius 2 is 1.88 bits per heavy atom. The van der Waals surface area contributed by atoms with Gasteiger partial charge in [0.2, 0.25) is 0 Å². The first-order valence-electron chi connectivity index (χ1n) is 3.73. The Labute approximate surface area is 109 Å². The predicted octanol–water partition coefficient (Wildman–Crippen LogP) is 3.79. The van der Waals surface area contributed by atoms with Gasteiger partial charge in [-0.25, -0.2) is 0 Å². The summed E-state index contributed by atoms with van der Waals surface area (Å²) in [6.45, 7) is 0. The predicted molar refractivity (Wildman–Crippen MR) is 61.0 cm³/mol. The maximum absolute atomic E-state index is 12.3. The lowest BCUT2D eigenvalue weighted by molar-refractivity contribution is -0.149. The Hall–Kier alpha value is -0.170. The van der Waals surface area contributed by atoms with Crippen molar-refractivity contribution in [2.45, 2.75) is 12.2 Å². The lowest BCUT2D eigenvalue weighted by atomic mass is 10.1. The van der Waals surface area contributed by atoms with E-state index < -0.39 is 23.5 Å². The first kappa shape index (κ1) is 15.8. The molecule has 92 valence electrons. The van der Waals surface area contributed by atoms with E-state index in [1.165, 1.54) is 6.07 Å². The molecule has 16 heavy (non-hydrogen) atoms. The number of alkyl halides is 3. The summed E-state index contributed by atoms with van der Waals surface area (Å²) in [5, 5.41) is 9.14. The fraction of sp³-hybridized carbons (Fsp3) is 0.250. The number of aromatic hydroxyl groups is 1. The molecule has 0 aliphatic rings. The number of phenolic OH excluding ortho intramolecular Hbond substituents is 1. The number of hydrogen-bond donors (Lipinski definition) is 2. The minimum atomic E-state index is -4.62. The molecule has 0 aromatic heterocycles. The van der Waals surface area contributed by atoms with Crippen molar-refractivity contribution in [1.29, 1.82) is 0 Å². The highest BCUT2D eigenvalue weighted by Crippen LogP contribution is 2.39. The lowest BCUT2D eigenvalue weighted by Gasteiger charge is -2.17. The van der Waals surface area contributed by atoms with E-state index in [0.717, 1.165) is 6.07 Å². The van der Waals surface area contributed by atoms with Crippen LogP contribution in [0.15, 0.2) is 16.6 Å². The van der Waals surface area contributed by atoms with Gasteiger partial charge in [0.05, 0.1) is 5.02 Å². The molecule has 0 heterocycles. The van der Waals surface area contributed by atoms with Crippen LogP contribution in [0.1, 0.15) is 11.6 Å². The molecule has 0 saturated carbocycles. The second-order valence-electron chi connectivity index (χ2n) is 2.84. The normalized spacial score (nSPS) is 13.1. The van der Waals surface area contributed by atoms with Crippen LogP contribution < -0.4 is 5.73 Å². The summed E-state index contributed by atoms with van der Waals surface area (Å²) in [4.78, 5) is 0. The molecule has 1 rings (SSSR count). The molecular weight excluding hydrogens is 334 g/mol. The van der Waals surface area contributed by atoms with Gasteiger partial charge in [-0.3, -0.25) is 0 Å². The number of benzene rings is 1. The van der Waals surface area contributed by atoms with E-state index in [9.17, 15) is 18.3 Å². The summed E-state index contributed by atoms with van der Waals surface area (Å²) >= 11 is 8.47. The monoisotopic (exact) mass is 339 g/mol. The molecule has 0 aliphatic carbocycles. The lowest BCUT2D eigenvalue weighted by Crippen LogP contribution is -2.28. The first-order chi connectivity index (χ1) is 6.73. The minimum Gasteiger partial charge on any atom is -0.506 e. The summed E-state index contributed by atoms with van der Waals surface area (Å²) < 4.78 is 37.2. The molecule has 0 saturated heterocycles. The average Bonchev–Trinajstić information content (AvgIpc) is 2.08. The average molecular weight is 341 g/mol. The molecule has 2 nitrogen and oxygen atoms in total. The van der Waals surface area contributed by atoms with Gasteiger partial charge in [-0.2, -0.15) is 13.2 Å². The van der Waals surface area contributed by atoms with Crippen LogP contribution in [0, 0.1) is 0 Å². The van der Waals surface area contributed by atoms with Crippen molar-refractivity contribution in [3.8, 4) is 5.75 Å². The zero-order valence-electron chi connectivity index (χ0n) is 7.55. The van der Waals surface area contributed by atoms with Crippen LogP contribution in [0.2, 0.25) is 5.02 Å². The standard InChI is InChI=1S/C8H6BrClF3NO.ClH/c9-3-1-4(6(15)5(10)2-3)7(14)8(11,12)13;/h1-2,7,15H,14H2;1H/t7-;/m0./s1. The van der Waals surface area contributed by atoms with Crippen molar-refractivity contribution in [2.75, 3.05) is 0 Å². The molecule has 1 aromatic rings. The van der Waals surface area contributed by atoms with E-state index in [2.05, 4.69) is 15.9 Å². The van der Waals surface area contributed by atoms with Gasteiger partial charge in [0.25, 0.3) is 0 Å². The molecule has 8 heteroatoms. The third-order valence-corrected chi connectivity index (χ3v) is 2.49. The molecule has 0 fully saturated rings. The fourth-order valence-corrected chi connectivity index (χ4v) is 1.83. The molecule has 1 aromatic carbocycles. The molecular formula is C8H7BrCl2F3NO. The van der Waals surface area contributed by atoms with Crippen LogP contribution in [0.3, 0.4) is 0 Å². The van der Waals surface area contributed by atoms with Gasteiger partial charge in [0, 0.05) is 10.0 Å². The van der Waals surface area contributed by atoms with Gasteiger partial charge in [0.1, 0.15) is 11.8 Å². The Morgan fingerprint density at radius 1 is 1.38 bits per heavy atom. The van der Waals surface area contributed by atoms with Crippen molar-refractivity contribution >= 4 is 39.9 Å². The third kappa shape index (κ3) is 3.41. The third-order valence-electron chi connectivity index (χ3n) is 1.75. The van der Waals surface area contributed by atoms with Gasteiger partial charge < -0.3 is 10.8 Å². The summed E-state index contributed by atoms with van der Waals surface area (Å²) in [5.41, 5.74) is 4.49. The van der Waals surface area contributed by atoms with Crippen molar-refractivity contribution < 1.29 is 18.3 Å². The van der Waals surface area contributed by atoms with Crippen molar-refractivity contribution in [3.05, 3.63) is 27.2 Å². The molecule has 1 atom stereocenters. The highest BCUT2D eigenvalue weighted by molar-refractivity contribution is 9.10. The Bertz CT molecular complexity index is 386. The molecule has 0 unspecified atom stereocenters. The van der Waals surface area contributed by atoms with E-state index in [1.54, 1.807) is 0 Å². The smallest absolute Gasteiger partial charge is 0.407 e. The van der Waals surface area contributed by atoms with Crippen LogP contribution in [0.25, 0.3) is 0 Å². The summed E-state index contributed by atoms with van der Waals surface area (Å²) in [6.07, 6.45) is -4.62. The van der Waals surface area contributed by atoms with E-state index in [1.807, 2.05) is 0 Å². The summed E-state index contributed by atoms with van der Waals surface area (Å²) in [6, 6.07) is 0.107. The molecule has 0 amide bonds. The van der Waals surface area contributed by atoms with Crippen molar-refractivity contribution in [3.63, 3.8) is 0 Å². The number of nitrogens with two attached hydrogens (primary N) is 1. The van der Waals surface area contributed by atoms with Gasteiger partial charge in [0.15, 0.2) is 0 Å². The summed E-state index contributed by atoms with van der Waals surface area (Å²) in [5.74, 6) is -0.648. The number of rotatable bonds is 1. The van der Waals surface area contributed by atoms with Crippen LogP contribution in [0.5, 0.6) is 5.75 Å². The van der Waals surface area contributed by atoms with E-state index in [-0.39, 0.29) is 17.4 Å². The van der Waals surface area contributed by atoms with E-state index in [0.29, 0.717) is 4.47 Å². The molecule has 0 spiro atoms. The second kappa shape index (κ2) is 5.44. The topological polar surface area (TPSA) is 46.2 Å². The second-order valence-corrected chi connectivity index (χ2v) is 4.17. The van der Waals surface area contributed by atoms with Gasteiger partial charge in [-0.1, -0.05) is 27.5 Å². The van der Waals surface area contributed by atoms with Gasteiger partial charge in [-0.05, 0) is 12.1 Å². The first-order valence-corrected chi connectivity index (χ1v) is 4.90. The van der Waals surface area contributed by atoms with Crippen LogP contribution in [-0.2, 0) is 0 Å². The fourth-order valence-electron chi connectivity index (χ4n) is 0.999. The SMILES string of the molecule is Cl.N[C@@H](c1cc(Br)cc(Cl)c1O)C(F)(F)F. The highest BCUT2D eigenvalue weighted by Gasteiger charge is 2.39. The molecule has 3 N–H and O–H groups in total. The van der Waals surface area contributed by atoms with Crippen LogP contribution in [-0.4, -0.2) is 11.3 Å². The summed E-state index contributed by atoms with van der Waals surface area (Å²) in [7, 11) is 0. The Kier molecular flexibility index (Phi) is 5.38. The molecule has 0 aliphatic heterocycles. The van der Waals surface area contributed by atoms with Crippen molar-refractivity contribution in [1.82, 2.24) is 0 Å². The van der Waals surface area contributed by atoms with Crippen LogP contribution in [0.4, 0.5) is 13.2 Å². The zero-order chi connectivity index (χ0) is 11.8. The van der Waals surface area contributed by atoms with E-state index >= 15 is 0 Å². The van der Waals surface area contributed by atoms with Crippen molar-refractivity contribution in [2.24, 2.45) is 5.73 Å². The number of hydrogen-bond acceptors (Lipinski definition) is 2. The Balaban J connectivity index is 0.00000225. The van der Waals surface area contributed by atoms with Crippen LogP contribution >= 0.6 is 39.9 Å². The Morgan fingerprint density at radius 3 is 2.31 bits per heavy atom. The van der Waals surface area contributed by atoms with Gasteiger partial charge in [-0.15, -0.1) is 12.4 Å². The maximum Gasteiger partial charge on any atom is 0.407 e. The maximum atomic E-state index is 12.3. The largest absolute Gasteiger partial charge is 0.506 e. The minimum absolute atomic E-state index is 0. The van der Waals surface area contributed by atoms with E-state index in [4.69, 9.17) is 17.3 Å². The zero-order valence-corrected chi connectivity index (χ0v) is 10.7. The highest BCUT2D eigenvalue weighted by atomic mass is 79.9. The number of halogens is 6. The molecule has 0 bridgehead atoms. The quantitative estimate of drug-likeness (QED) is 0.817. The van der Waals surface area contributed by atoms with Gasteiger partial charge >= 0.3 is 6.18 Å². The molecule has 0 radical (unpaired) electrons.